The first-order valence-electron chi connectivity index (χ1n) is 6.82. The summed E-state index contributed by atoms with van der Waals surface area (Å²) in [6, 6.07) is 15.0. The molecule has 2 aromatic rings. The van der Waals surface area contributed by atoms with Crippen LogP contribution in [0.15, 0.2) is 53.0 Å². The van der Waals surface area contributed by atoms with Gasteiger partial charge in [-0.1, -0.05) is 46.3 Å². The van der Waals surface area contributed by atoms with Gasteiger partial charge in [-0.25, -0.2) is 0 Å². The molecule has 0 spiro atoms. The lowest BCUT2D eigenvalue weighted by Gasteiger charge is -2.16. The molecule has 0 saturated heterocycles. The molecule has 3 nitrogen and oxygen atoms in total. The zero-order valence-electron chi connectivity index (χ0n) is 11.8. The highest BCUT2D eigenvalue weighted by Gasteiger charge is 2.14. The Balaban J connectivity index is 2.04. The average molecular weight is 348 g/mol. The van der Waals surface area contributed by atoms with Gasteiger partial charge in [-0.05, 0) is 42.7 Å². The van der Waals surface area contributed by atoms with E-state index in [0.717, 1.165) is 15.6 Å². The van der Waals surface area contributed by atoms with Crippen LogP contribution in [0.2, 0.25) is 0 Å². The topological polar surface area (TPSA) is 49.3 Å². The lowest BCUT2D eigenvalue weighted by atomic mass is 10.1. The number of aliphatic hydroxyl groups excluding tert-OH is 1. The highest BCUT2D eigenvalue weighted by atomic mass is 79.9. The predicted molar refractivity (Wildman–Crippen MR) is 87.4 cm³/mol. The standard InChI is InChI=1S/C17H18BrNO2/c1-12-9-14(7-8-16(12)18)17(21)19-15(11-20)10-13-5-3-2-4-6-13/h2-9,15,20H,10-11H2,1H3,(H,19,21). The van der Waals surface area contributed by atoms with Crippen molar-refractivity contribution >= 4 is 21.8 Å². The maximum atomic E-state index is 12.2. The van der Waals surface area contributed by atoms with Crippen LogP contribution in [0, 0.1) is 6.92 Å². The van der Waals surface area contributed by atoms with Crippen LogP contribution in [0.4, 0.5) is 0 Å². The first-order chi connectivity index (χ1) is 10.1. The van der Waals surface area contributed by atoms with Crippen molar-refractivity contribution in [2.75, 3.05) is 6.61 Å². The molecule has 0 aliphatic rings. The van der Waals surface area contributed by atoms with Crippen LogP contribution in [0.3, 0.4) is 0 Å². The van der Waals surface area contributed by atoms with Crippen LogP contribution in [0.1, 0.15) is 21.5 Å². The summed E-state index contributed by atoms with van der Waals surface area (Å²) in [5.41, 5.74) is 2.69. The fraction of sp³-hybridized carbons (Fsp3) is 0.235. The number of carbonyl (C=O) groups is 1. The van der Waals surface area contributed by atoms with Crippen molar-refractivity contribution < 1.29 is 9.90 Å². The Morgan fingerprint density at radius 1 is 1.24 bits per heavy atom. The van der Waals surface area contributed by atoms with E-state index in [-0.39, 0.29) is 18.6 Å². The van der Waals surface area contributed by atoms with Crippen LogP contribution in [-0.2, 0) is 6.42 Å². The molecule has 21 heavy (non-hydrogen) atoms. The number of amides is 1. The van der Waals surface area contributed by atoms with Crippen molar-refractivity contribution in [1.29, 1.82) is 0 Å². The summed E-state index contributed by atoms with van der Waals surface area (Å²) in [7, 11) is 0. The summed E-state index contributed by atoms with van der Waals surface area (Å²) in [5, 5.41) is 12.3. The molecular formula is C17H18BrNO2. The summed E-state index contributed by atoms with van der Waals surface area (Å²) in [5.74, 6) is -0.166. The zero-order chi connectivity index (χ0) is 15.2. The fourth-order valence-electron chi connectivity index (χ4n) is 2.11. The number of rotatable bonds is 5. The SMILES string of the molecule is Cc1cc(C(=O)NC(CO)Cc2ccccc2)ccc1Br. The van der Waals surface area contributed by atoms with Crippen LogP contribution in [0.25, 0.3) is 0 Å². The normalized spacial score (nSPS) is 12.0. The molecule has 0 radical (unpaired) electrons. The Morgan fingerprint density at radius 2 is 1.95 bits per heavy atom. The molecule has 0 aliphatic heterocycles. The molecule has 0 saturated carbocycles. The van der Waals surface area contributed by atoms with Crippen molar-refractivity contribution in [3.05, 3.63) is 69.7 Å². The lowest BCUT2D eigenvalue weighted by molar-refractivity contribution is 0.0916. The Hall–Kier alpha value is -1.65. The molecule has 110 valence electrons. The van der Waals surface area contributed by atoms with Gasteiger partial charge in [0, 0.05) is 10.0 Å². The van der Waals surface area contributed by atoms with E-state index in [4.69, 9.17) is 0 Å². The molecule has 1 atom stereocenters. The van der Waals surface area contributed by atoms with E-state index in [2.05, 4.69) is 21.2 Å². The Bertz CT molecular complexity index is 613. The number of halogens is 1. The number of carbonyl (C=O) groups excluding carboxylic acids is 1. The molecular weight excluding hydrogens is 330 g/mol. The Morgan fingerprint density at radius 3 is 2.57 bits per heavy atom. The highest BCUT2D eigenvalue weighted by molar-refractivity contribution is 9.10. The van der Waals surface area contributed by atoms with Crippen LogP contribution in [0.5, 0.6) is 0 Å². The Kier molecular flexibility index (Phi) is 5.53. The minimum Gasteiger partial charge on any atom is -0.394 e. The van der Waals surface area contributed by atoms with Crippen LogP contribution >= 0.6 is 15.9 Å². The minimum atomic E-state index is -0.288. The summed E-state index contributed by atoms with van der Waals surface area (Å²) in [6.07, 6.45) is 0.610. The Labute approximate surface area is 133 Å². The predicted octanol–water partition coefficient (Wildman–Crippen LogP) is 3.09. The molecule has 0 bridgehead atoms. The van der Waals surface area contributed by atoms with Crippen LogP contribution in [-0.4, -0.2) is 23.7 Å². The monoisotopic (exact) mass is 347 g/mol. The van der Waals surface area contributed by atoms with Crippen molar-refractivity contribution in [3.63, 3.8) is 0 Å². The second-order valence-corrected chi connectivity index (χ2v) is 5.86. The molecule has 0 heterocycles. The molecule has 0 aromatic heterocycles. The third-order valence-electron chi connectivity index (χ3n) is 3.30. The number of nitrogens with one attached hydrogen (secondary N) is 1. The van der Waals surface area contributed by atoms with Crippen molar-refractivity contribution in [3.8, 4) is 0 Å². The fourth-order valence-corrected chi connectivity index (χ4v) is 2.36. The van der Waals surface area contributed by atoms with Gasteiger partial charge in [0.25, 0.3) is 5.91 Å². The summed E-state index contributed by atoms with van der Waals surface area (Å²) >= 11 is 3.42. The third-order valence-corrected chi connectivity index (χ3v) is 4.19. The van der Waals surface area contributed by atoms with Gasteiger partial charge in [-0.2, -0.15) is 0 Å². The average Bonchev–Trinajstić information content (AvgIpc) is 2.50. The maximum Gasteiger partial charge on any atom is 0.251 e. The van der Waals surface area contributed by atoms with E-state index >= 15 is 0 Å². The van der Waals surface area contributed by atoms with E-state index in [1.807, 2.05) is 49.4 Å². The largest absolute Gasteiger partial charge is 0.394 e. The van der Waals surface area contributed by atoms with E-state index in [9.17, 15) is 9.90 Å². The number of hydrogen-bond donors (Lipinski definition) is 2. The second-order valence-electron chi connectivity index (χ2n) is 5.01. The third kappa shape index (κ3) is 4.41. The number of hydrogen-bond acceptors (Lipinski definition) is 2. The molecule has 1 amide bonds. The number of benzene rings is 2. The van der Waals surface area contributed by atoms with Crippen molar-refractivity contribution in [1.82, 2.24) is 5.32 Å². The summed E-state index contributed by atoms with van der Waals surface area (Å²) in [4.78, 5) is 12.2. The van der Waals surface area contributed by atoms with Crippen molar-refractivity contribution in [2.45, 2.75) is 19.4 Å². The van der Waals surface area contributed by atoms with E-state index in [0.29, 0.717) is 12.0 Å². The first-order valence-corrected chi connectivity index (χ1v) is 7.61. The molecule has 0 fully saturated rings. The number of aliphatic hydroxyl groups is 1. The molecule has 2 aromatic carbocycles. The van der Waals surface area contributed by atoms with E-state index in [1.165, 1.54) is 0 Å². The van der Waals surface area contributed by atoms with Gasteiger partial charge in [0.1, 0.15) is 0 Å². The molecule has 0 aliphatic carbocycles. The van der Waals surface area contributed by atoms with E-state index in [1.54, 1.807) is 6.07 Å². The molecule has 1 unspecified atom stereocenters. The van der Waals surface area contributed by atoms with Gasteiger partial charge in [0.05, 0.1) is 12.6 Å². The first kappa shape index (κ1) is 15.7. The lowest BCUT2D eigenvalue weighted by Crippen LogP contribution is -2.39. The van der Waals surface area contributed by atoms with Gasteiger partial charge in [-0.3, -0.25) is 4.79 Å². The van der Waals surface area contributed by atoms with Gasteiger partial charge in [-0.15, -0.1) is 0 Å². The zero-order valence-corrected chi connectivity index (χ0v) is 13.4. The smallest absolute Gasteiger partial charge is 0.251 e. The van der Waals surface area contributed by atoms with Crippen LogP contribution < -0.4 is 5.32 Å². The summed E-state index contributed by atoms with van der Waals surface area (Å²) < 4.78 is 0.974. The van der Waals surface area contributed by atoms with Gasteiger partial charge >= 0.3 is 0 Å². The molecule has 2 rings (SSSR count). The van der Waals surface area contributed by atoms with E-state index < -0.39 is 0 Å². The molecule has 2 N–H and O–H groups in total. The minimum absolute atomic E-state index is 0.0872. The highest BCUT2D eigenvalue weighted by Crippen LogP contribution is 2.17. The van der Waals surface area contributed by atoms with Gasteiger partial charge in [0.2, 0.25) is 0 Å². The maximum absolute atomic E-state index is 12.2. The molecule has 4 heteroatoms. The van der Waals surface area contributed by atoms with Gasteiger partial charge in [0.15, 0.2) is 0 Å². The second kappa shape index (κ2) is 7.38. The van der Waals surface area contributed by atoms with Gasteiger partial charge < -0.3 is 10.4 Å². The summed E-state index contributed by atoms with van der Waals surface area (Å²) in [6.45, 7) is 1.85. The number of aryl methyl sites for hydroxylation is 1. The quantitative estimate of drug-likeness (QED) is 0.872. The van der Waals surface area contributed by atoms with Crippen molar-refractivity contribution in [2.24, 2.45) is 0 Å².